The minimum Gasteiger partial charge on any atom is -0.394 e. The lowest BCUT2D eigenvalue weighted by molar-refractivity contribution is -0.276. The molecule has 1 saturated heterocycles. The predicted octanol–water partition coefficient (Wildman–Crippen LogP) is -4.75. The van der Waals surface area contributed by atoms with Crippen LogP contribution >= 0.6 is 0 Å². The summed E-state index contributed by atoms with van der Waals surface area (Å²) in [4.78, 5) is 0. The van der Waals surface area contributed by atoms with Gasteiger partial charge in [0.15, 0.2) is 0 Å². The molecule has 15 heteroatoms. The van der Waals surface area contributed by atoms with Crippen molar-refractivity contribution < 1.29 is 50.4 Å². The fourth-order valence-corrected chi connectivity index (χ4v) is 2.97. The maximum atomic E-state index is 11.7. The second-order valence-electron chi connectivity index (χ2n) is 4.81. The normalized spacial score (nSPS) is 32.0. The first-order chi connectivity index (χ1) is 11.0. The van der Waals surface area contributed by atoms with Crippen molar-refractivity contribution in [1.29, 1.82) is 0 Å². The summed E-state index contributed by atoms with van der Waals surface area (Å²) in [5.74, 6) is 0. The fraction of sp³-hybridized carbons (Fsp3) is 1.00. The van der Waals surface area contributed by atoms with Gasteiger partial charge in [-0.15, -0.1) is 0 Å². The molecule has 0 amide bonds. The molecular formula is C9H20N2O11S2. The molecule has 1 fully saturated rings. The largest absolute Gasteiger partial charge is 0.394 e. The Morgan fingerprint density at radius 3 is 2.25 bits per heavy atom. The lowest BCUT2D eigenvalue weighted by Gasteiger charge is -2.38. The Bertz CT molecular complexity index is 593. The topological polar surface area (TPSA) is 215 Å². The van der Waals surface area contributed by atoms with Crippen LogP contribution < -0.4 is 9.86 Å². The van der Waals surface area contributed by atoms with E-state index in [4.69, 9.17) is 9.84 Å². The molecule has 24 heavy (non-hydrogen) atoms. The molecule has 0 aromatic heterocycles. The van der Waals surface area contributed by atoms with Crippen molar-refractivity contribution in [2.75, 3.05) is 19.8 Å². The molecule has 1 aliphatic rings. The van der Waals surface area contributed by atoms with Gasteiger partial charge in [0, 0.05) is 6.54 Å². The smallest absolute Gasteiger partial charge is 0.338 e. The van der Waals surface area contributed by atoms with E-state index in [-0.39, 0.29) is 19.6 Å². The molecule has 0 aromatic rings. The predicted molar refractivity (Wildman–Crippen MR) is 75.5 cm³/mol. The van der Waals surface area contributed by atoms with Crippen LogP contribution in [0.25, 0.3) is 0 Å². The first-order valence-corrected chi connectivity index (χ1v) is 9.50. The standard InChI is InChI=1S/C9H20N2O11S2/c10-23(16,17)20-3-1-2-11-24(18,19)22-9-8(15)7(14)6(13)5(4-12)21-9/h5-9,11-15H,1-4H2,(H2,10,16,17)/t5-,6-,7+,8-,9+/m1/s1. The summed E-state index contributed by atoms with van der Waals surface area (Å²) >= 11 is 0. The Kier molecular flexibility index (Phi) is 7.88. The van der Waals surface area contributed by atoms with Crippen molar-refractivity contribution in [3.05, 3.63) is 0 Å². The van der Waals surface area contributed by atoms with Crippen LogP contribution in [0.15, 0.2) is 0 Å². The average molecular weight is 396 g/mol. The summed E-state index contributed by atoms with van der Waals surface area (Å²) in [5, 5.41) is 42.3. The van der Waals surface area contributed by atoms with E-state index in [1.54, 1.807) is 0 Å². The van der Waals surface area contributed by atoms with Crippen molar-refractivity contribution >= 4 is 20.6 Å². The number of hydrogen-bond donors (Lipinski definition) is 6. The third kappa shape index (κ3) is 6.81. The molecule has 1 rings (SSSR count). The van der Waals surface area contributed by atoms with Crippen LogP contribution in [0.1, 0.15) is 6.42 Å². The molecule has 0 aliphatic carbocycles. The Morgan fingerprint density at radius 1 is 1.08 bits per heavy atom. The highest BCUT2D eigenvalue weighted by Gasteiger charge is 2.45. The van der Waals surface area contributed by atoms with Crippen LogP contribution in [0.2, 0.25) is 0 Å². The van der Waals surface area contributed by atoms with Gasteiger partial charge in [0.2, 0.25) is 6.29 Å². The van der Waals surface area contributed by atoms with Crippen LogP contribution in [0, 0.1) is 0 Å². The van der Waals surface area contributed by atoms with E-state index in [9.17, 15) is 32.2 Å². The molecule has 0 bridgehead atoms. The number of hydrogen-bond acceptors (Lipinski definition) is 11. The molecule has 0 unspecified atom stereocenters. The van der Waals surface area contributed by atoms with E-state index in [0.29, 0.717) is 0 Å². The lowest BCUT2D eigenvalue weighted by atomic mass is 10.00. The zero-order valence-corrected chi connectivity index (χ0v) is 13.9. The molecule has 1 aliphatic heterocycles. The maximum Gasteiger partial charge on any atom is 0.338 e. The number of ether oxygens (including phenoxy) is 1. The van der Waals surface area contributed by atoms with Crippen molar-refractivity contribution in [1.82, 2.24) is 4.72 Å². The van der Waals surface area contributed by atoms with E-state index in [2.05, 4.69) is 13.5 Å². The number of aliphatic hydroxyl groups is 4. The Hall–Kier alpha value is -0.460. The first kappa shape index (κ1) is 21.6. The van der Waals surface area contributed by atoms with Gasteiger partial charge in [0.1, 0.15) is 24.4 Å². The molecule has 0 spiro atoms. The molecule has 7 N–H and O–H groups in total. The van der Waals surface area contributed by atoms with Crippen molar-refractivity contribution in [2.45, 2.75) is 37.1 Å². The van der Waals surface area contributed by atoms with Crippen LogP contribution in [0.4, 0.5) is 0 Å². The highest BCUT2D eigenvalue weighted by atomic mass is 32.2. The minimum absolute atomic E-state index is 0.0618. The number of nitrogens with two attached hydrogens (primary N) is 1. The summed E-state index contributed by atoms with van der Waals surface area (Å²) in [5.41, 5.74) is 0. The highest BCUT2D eigenvalue weighted by Crippen LogP contribution is 2.22. The zero-order chi connectivity index (χ0) is 18.5. The third-order valence-corrected chi connectivity index (χ3v) is 4.41. The first-order valence-electron chi connectivity index (χ1n) is 6.62. The number of rotatable bonds is 9. The lowest BCUT2D eigenvalue weighted by Crippen LogP contribution is -2.59. The SMILES string of the molecule is NS(=O)(=O)OCCCNS(=O)(=O)O[C@@H]1O[C@H](CO)[C@@H](O)[C@H](O)[C@H]1O. The third-order valence-electron chi connectivity index (χ3n) is 2.92. The van der Waals surface area contributed by atoms with Crippen molar-refractivity contribution in [2.24, 2.45) is 5.14 Å². The summed E-state index contributed by atoms with van der Waals surface area (Å²) in [6.45, 7) is -1.40. The summed E-state index contributed by atoms with van der Waals surface area (Å²) in [6.07, 6.45) is -8.58. The summed E-state index contributed by atoms with van der Waals surface area (Å²) in [7, 11) is -8.58. The van der Waals surface area contributed by atoms with Gasteiger partial charge in [0.25, 0.3) is 0 Å². The molecule has 13 nitrogen and oxygen atoms in total. The molecule has 1 heterocycles. The Morgan fingerprint density at radius 2 is 1.71 bits per heavy atom. The Labute approximate surface area is 138 Å². The van der Waals surface area contributed by atoms with E-state index in [1.165, 1.54) is 0 Å². The fourth-order valence-electron chi connectivity index (χ4n) is 1.75. The molecule has 0 saturated carbocycles. The van der Waals surface area contributed by atoms with Crippen LogP contribution in [-0.2, 0) is 33.7 Å². The van der Waals surface area contributed by atoms with Crippen molar-refractivity contribution in [3.8, 4) is 0 Å². The highest BCUT2D eigenvalue weighted by molar-refractivity contribution is 7.84. The van der Waals surface area contributed by atoms with E-state index >= 15 is 0 Å². The number of aliphatic hydroxyl groups excluding tert-OH is 4. The molecule has 144 valence electrons. The van der Waals surface area contributed by atoms with E-state index in [0.717, 1.165) is 0 Å². The van der Waals surface area contributed by atoms with E-state index < -0.39 is 57.9 Å². The van der Waals surface area contributed by atoms with E-state index in [1.807, 2.05) is 4.72 Å². The summed E-state index contributed by atoms with van der Waals surface area (Å²) in [6, 6.07) is 0. The monoisotopic (exact) mass is 396 g/mol. The molecule has 0 radical (unpaired) electrons. The van der Waals surface area contributed by atoms with Crippen LogP contribution in [0.3, 0.4) is 0 Å². The summed E-state index contributed by atoms with van der Waals surface area (Å²) < 4.78 is 59.8. The number of nitrogens with one attached hydrogen (secondary N) is 1. The van der Waals surface area contributed by atoms with Gasteiger partial charge in [-0.25, -0.2) is 9.32 Å². The maximum absolute atomic E-state index is 11.7. The molecule has 5 atom stereocenters. The van der Waals surface area contributed by atoms with Gasteiger partial charge in [-0.2, -0.15) is 21.6 Å². The molecule has 0 aromatic carbocycles. The van der Waals surface area contributed by atoms with Gasteiger partial charge < -0.3 is 25.2 Å². The van der Waals surface area contributed by atoms with Gasteiger partial charge in [0.05, 0.1) is 13.2 Å². The van der Waals surface area contributed by atoms with Gasteiger partial charge in [-0.3, -0.25) is 4.18 Å². The van der Waals surface area contributed by atoms with Gasteiger partial charge in [-0.1, -0.05) is 0 Å². The second-order valence-corrected chi connectivity index (χ2v) is 7.42. The minimum atomic E-state index is -4.45. The van der Waals surface area contributed by atoms with Crippen LogP contribution in [-0.4, -0.2) is 87.7 Å². The second kappa shape index (κ2) is 8.77. The zero-order valence-electron chi connectivity index (χ0n) is 12.3. The Balaban J connectivity index is 2.50. The van der Waals surface area contributed by atoms with Gasteiger partial charge in [-0.05, 0) is 6.42 Å². The average Bonchev–Trinajstić information content (AvgIpc) is 2.46. The van der Waals surface area contributed by atoms with Gasteiger partial charge >= 0.3 is 20.6 Å². The molecular weight excluding hydrogens is 376 g/mol. The quantitative estimate of drug-likeness (QED) is 0.203. The van der Waals surface area contributed by atoms with Crippen LogP contribution in [0.5, 0.6) is 0 Å². The van der Waals surface area contributed by atoms with Crippen molar-refractivity contribution in [3.63, 3.8) is 0 Å².